The third-order valence-electron chi connectivity index (χ3n) is 5.63. The summed E-state index contributed by atoms with van der Waals surface area (Å²) in [7, 11) is 0. The molecule has 1 aromatic heterocycles. The first-order chi connectivity index (χ1) is 12.9. The molecular formula is C20H25FN4OS. The molecule has 4 N–H and O–H groups in total. The molecule has 2 aromatic rings. The average molecular weight is 389 g/mol. The Morgan fingerprint density at radius 3 is 2.85 bits per heavy atom. The van der Waals surface area contributed by atoms with Crippen LogP contribution in [0.3, 0.4) is 0 Å². The number of carbonyl (C=O) groups excluding carboxylic acids is 1. The molecule has 2 fully saturated rings. The second-order valence-corrected chi connectivity index (χ2v) is 8.89. The van der Waals surface area contributed by atoms with E-state index in [-0.39, 0.29) is 24.2 Å². The molecule has 4 atom stereocenters. The number of hydrogen-bond donors (Lipinski definition) is 3. The van der Waals surface area contributed by atoms with Crippen molar-refractivity contribution in [3.8, 4) is 10.4 Å². The number of aromatic nitrogens is 1. The molecule has 0 spiro atoms. The lowest BCUT2D eigenvalue weighted by molar-refractivity contribution is -0.124. The summed E-state index contributed by atoms with van der Waals surface area (Å²) < 4.78 is 14.6. The molecule has 2 heterocycles. The summed E-state index contributed by atoms with van der Waals surface area (Å²) in [5, 5.41) is 7.16. The summed E-state index contributed by atoms with van der Waals surface area (Å²) in [6.45, 7) is 3.87. The molecule has 1 saturated heterocycles. The van der Waals surface area contributed by atoms with E-state index in [1.165, 1.54) is 6.07 Å². The van der Waals surface area contributed by atoms with Gasteiger partial charge in [0.1, 0.15) is 5.82 Å². The van der Waals surface area contributed by atoms with Crippen LogP contribution < -0.4 is 16.4 Å². The molecule has 2 aliphatic rings. The van der Waals surface area contributed by atoms with Gasteiger partial charge in [0.2, 0.25) is 5.91 Å². The average Bonchev–Trinajstić information content (AvgIpc) is 3.32. The minimum atomic E-state index is -0.605. The summed E-state index contributed by atoms with van der Waals surface area (Å²) in [6.07, 6.45) is 2.97. The van der Waals surface area contributed by atoms with Crippen molar-refractivity contribution in [2.45, 2.75) is 57.8 Å². The highest BCUT2D eigenvalue weighted by Crippen LogP contribution is 2.35. The minimum absolute atomic E-state index is 0.0671. The first-order valence-corrected chi connectivity index (χ1v) is 10.3. The molecule has 1 aromatic carbocycles. The van der Waals surface area contributed by atoms with E-state index in [4.69, 9.17) is 5.73 Å². The molecule has 2 bridgehead atoms. The smallest absolute Gasteiger partial charge is 0.238 e. The SMILES string of the molecule is Cc1nc(C)c(-c2ccc(C[C@@H](N)NC(=O)[C@H]3N[C@@H]4CC[C@H]3C4)c(F)c2)s1. The monoisotopic (exact) mass is 388 g/mol. The molecule has 1 amide bonds. The Hall–Kier alpha value is -1.83. The van der Waals surface area contributed by atoms with Crippen molar-refractivity contribution in [2.75, 3.05) is 0 Å². The number of aryl methyl sites for hydroxylation is 2. The fourth-order valence-corrected chi connectivity index (χ4v) is 5.28. The summed E-state index contributed by atoms with van der Waals surface area (Å²) in [5.74, 6) is 0.0347. The maximum absolute atomic E-state index is 14.6. The van der Waals surface area contributed by atoms with E-state index in [0.717, 1.165) is 40.4 Å². The number of thiazole rings is 1. The van der Waals surface area contributed by atoms with Crippen molar-refractivity contribution in [2.24, 2.45) is 11.7 Å². The summed E-state index contributed by atoms with van der Waals surface area (Å²) >= 11 is 1.56. The fourth-order valence-electron chi connectivity index (χ4n) is 4.36. The highest BCUT2D eigenvalue weighted by atomic mass is 32.1. The number of nitrogens with two attached hydrogens (primary N) is 1. The van der Waals surface area contributed by atoms with Crippen LogP contribution in [0.2, 0.25) is 0 Å². The van der Waals surface area contributed by atoms with Crippen LogP contribution in [0.1, 0.15) is 35.5 Å². The molecular weight excluding hydrogens is 363 g/mol. The molecule has 0 unspecified atom stereocenters. The van der Waals surface area contributed by atoms with E-state index < -0.39 is 6.17 Å². The Bertz CT molecular complexity index is 868. The normalized spacial score (nSPS) is 25.0. The number of rotatable bonds is 5. The van der Waals surface area contributed by atoms with Crippen LogP contribution in [-0.2, 0) is 11.2 Å². The Morgan fingerprint density at radius 2 is 2.26 bits per heavy atom. The van der Waals surface area contributed by atoms with E-state index in [2.05, 4.69) is 15.6 Å². The molecule has 0 radical (unpaired) electrons. The standard InChI is InChI=1S/C20H25FN4OS/c1-10-19(27-11(2)23-10)14-4-3-12(16(21)8-14)9-17(22)25-20(26)18-13-5-6-15(7-13)24-18/h3-4,8,13,15,17-18,24H,5-7,9,22H2,1-2H3,(H,25,26)/t13-,15+,17-,18-/m0/s1. The number of benzene rings is 1. The first kappa shape index (κ1) is 18.5. The van der Waals surface area contributed by atoms with Gasteiger partial charge >= 0.3 is 0 Å². The first-order valence-electron chi connectivity index (χ1n) is 9.45. The van der Waals surface area contributed by atoms with Gasteiger partial charge in [0.25, 0.3) is 0 Å². The zero-order valence-electron chi connectivity index (χ0n) is 15.6. The van der Waals surface area contributed by atoms with E-state index in [1.807, 2.05) is 19.9 Å². The van der Waals surface area contributed by atoms with Gasteiger partial charge in [-0.1, -0.05) is 12.1 Å². The van der Waals surface area contributed by atoms with Crippen LogP contribution in [0.25, 0.3) is 10.4 Å². The van der Waals surface area contributed by atoms with Gasteiger partial charge in [-0.2, -0.15) is 0 Å². The summed E-state index contributed by atoms with van der Waals surface area (Å²) in [4.78, 5) is 17.8. The minimum Gasteiger partial charge on any atom is -0.339 e. The van der Waals surface area contributed by atoms with Crippen molar-refractivity contribution in [1.29, 1.82) is 0 Å². The fraction of sp³-hybridized carbons (Fsp3) is 0.500. The Labute approximate surface area is 162 Å². The second-order valence-electron chi connectivity index (χ2n) is 7.69. The number of carbonyl (C=O) groups is 1. The van der Waals surface area contributed by atoms with Crippen molar-refractivity contribution in [3.63, 3.8) is 0 Å². The van der Waals surface area contributed by atoms with Gasteiger partial charge in [-0.15, -0.1) is 11.3 Å². The van der Waals surface area contributed by atoms with E-state index in [0.29, 0.717) is 17.5 Å². The van der Waals surface area contributed by atoms with E-state index in [1.54, 1.807) is 17.4 Å². The number of piperidine rings is 1. The molecule has 7 heteroatoms. The predicted octanol–water partition coefficient (Wildman–Crippen LogP) is 2.65. The van der Waals surface area contributed by atoms with Gasteiger partial charge in [0, 0.05) is 12.5 Å². The highest BCUT2D eigenvalue weighted by Gasteiger charge is 2.42. The highest BCUT2D eigenvalue weighted by molar-refractivity contribution is 7.15. The molecule has 1 aliphatic carbocycles. The third kappa shape index (κ3) is 3.77. The van der Waals surface area contributed by atoms with Crippen LogP contribution in [-0.4, -0.2) is 29.1 Å². The largest absolute Gasteiger partial charge is 0.339 e. The lowest BCUT2D eigenvalue weighted by Gasteiger charge is -2.24. The van der Waals surface area contributed by atoms with Crippen LogP contribution in [0.5, 0.6) is 0 Å². The lowest BCUT2D eigenvalue weighted by atomic mass is 9.99. The second kappa shape index (κ2) is 7.30. The molecule has 144 valence electrons. The van der Waals surface area contributed by atoms with Gasteiger partial charge < -0.3 is 16.4 Å². The number of halogens is 1. The van der Waals surface area contributed by atoms with Crippen molar-refractivity contribution in [1.82, 2.24) is 15.6 Å². The quantitative estimate of drug-likeness (QED) is 0.688. The molecule has 27 heavy (non-hydrogen) atoms. The van der Waals surface area contributed by atoms with Gasteiger partial charge in [0.15, 0.2) is 0 Å². The van der Waals surface area contributed by atoms with Crippen molar-refractivity contribution in [3.05, 3.63) is 40.3 Å². The Balaban J connectivity index is 1.40. The number of fused-ring (bicyclic) bond motifs is 2. The number of nitrogens with zero attached hydrogens (tertiary/aromatic N) is 1. The zero-order valence-corrected chi connectivity index (χ0v) is 16.4. The van der Waals surface area contributed by atoms with Gasteiger partial charge in [-0.25, -0.2) is 9.37 Å². The lowest BCUT2D eigenvalue weighted by Crippen LogP contribution is -2.53. The van der Waals surface area contributed by atoms with Gasteiger partial charge in [-0.3, -0.25) is 4.79 Å². The van der Waals surface area contributed by atoms with Gasteiger partial charge in [-0.05, 0) is 56.2 Å². The van der Waals surface area contributed by atoms with Gasteiger partial charge in [0.05, 0.1) is 27.8 Å². The molecule has 5 nitrogen and oxygen atoms in total. The molecule has 4 rings (SSSR count). The van der Waals surface area contributed by atoms with Crippen molar-refractivity contribution < 1.29 is 9.18 Å². The van der Waals surface area contributed by atoms with Crippen molar-refractivity contribution >= 4 is 17.2 Å². The molecule has 1 aliphatic heterocycles. The zero-order chi connectivity index (χ0) is 19.1. The maximum Gasteiger partial charge on any atom is 0.238 e. The number of amides is 1. The maximum atomic E-state index is 14.6. The predicted molar refractivity (Wildman–Crippen MR) is 105 cm³/mol. The van der Waals surface area contributed by atoms with E-state index >= 15 is 0 Å². The topological polar surface area (TPSA) is 80.0 Å². The van der Waals surface area contributed by atoms with Crippen LogP contribution in [0.4, 0.5) is 4.39 Å². The number of nitrogens with one attached hydrogen (secondary N) is 2. The summed E-state index contributed by atoms with van der Waals surface area (Å²) in [5.41, 5.74) is 8.32. The van der Waals surface area contributed by atoms with Crippen LogP contribution in [0, 0.1) is 25.6 Å². The van der Waals surface area contributed by atoms with Crippen LogP contribution >= 0.6 is 11.3 Å². The number of hydrogen-bond acceptors (Lipinski definition) is 5. The van der Waals surface area contributed by atoms with E-state index in [9.17, 15) is 9.18 Å². The Kier molecular flexibility index (Phi) is 5.01. The van der Waals surface area contributed by atoms with Crippen LogP contribution in [0.15, 0.2) is 18.2 Å². The summed E-state index contributed by atoms with van der Waals surface area (Å²) in [6, 6.07) is 5.48. The molecule has 1 saturated carbocycles. The Morgan fingerprint density at radius 1 is 1.44 bits per heavy atom. The third-order valence-corrected chi connectivity index (χ3v) is 6.75.